The summed E-state index contributed by atoms with van der Waals surface area (Å²) >= 11 is 0. The Hall–Kier alpha value is -2.67. The number of aromatic nitrogens is 2. The third kappa shape index (κ3) is 9.32. The topological polar surface area (TPSA) is 122 Å². The summed E-state index contributed by atoms with van der Waals surface area (Å²) in [4.78, 5) is 23.0. The van der Waals surface area contributed by atoms with Crippen LogP contribution in [0.2, 0.25) is 0 Å². The molecule has 0 saturated heterocycles. The summed E-state index contributed by atoms with van der Waals surface area (Å²) in [5, 5.41) is 3.33. The van der Waals surface area contributed by atoms with Gasteiger partial charge in [-0.05, 0) is 24.1 Å². The van der Waals surface area contributed by atoms with Crippen LogP contribution in [0.15, 0.2) is 40.2 Å². The van der Waals surface area contributed by atoms with Crippen molar-refractivity contribution >= 4 is 5.96 Å². The van der Waals surface area contributed by atoms with Crippen molar-refractivity contribution in [2.24, 2.45) is 16.5 Å². The molecule has 0 atom stereocenters. The molecule has 7 heteroatoms. The van der Waals surface area contributed by atoms with Crippen LogP contribution in [-0.2, 0) is 13.0 Å². The minimum Gasteiger partial charge on any atom is -0.370 e. The van der Waals surface area contributed by atoms with Crippen LogP contribution < -0.4 is 22.3 Å². The highest BCUT2D eigenvalue weighted by Gasteiger charge is 2.05. The van der Waals surface area contributed by atoms with Gasteiger partial charge in [0.1, 0.15) is 5.82 Å². The maximum absolute atomic E-state index is 12.1. The molecule has 0 unspecified atom stereocenters. The predicted octanol–water partition coefficient (Wildman–Crippen LogP) is 2.80. The number of benzene rings is 1. The molecule has 6 N–H and O–H groups in total. The molecule has 28 heavy (non-hydrogen) atoms. The number of nitrogens with zero attached hydrogens (tertiary/aromatic N) is 2. The second-order valence-corrected chi connectivity index (χ2v) is 5.46. The molecule has 2 rings (SSSR count). The standard InChI is InChI=1S/C17H24N6O.2C2H6/c1-2-15-22-11-14(16(24)23-15)13-6-4-12(5-7-13)10-20-8-3-9-21-17(18)19;2*1-2/h4-7,11,20H,2-3,8-10H2,1H3,(H4,18,19,21)(H,22,23,24);2*1-2H3. The molecule has 0 bridgehead atoms. The first-order valence-corrected chi connectivity index (χ1v) is 10.0. The lowest BCUT2D eigenvalue weighted by molar-refractivity contribution is 0.655. The van der Waals surface area contributed by atoms with E-state index in [1.54, 1.807) is 6.20 Å². The molecule has 7 nitrogen and oxygen atoms in total. The molecule has 0 aliphatic rings. The fourth-order valence-corrected chi connectivity index (χ4v) is 2.26. The summed E-state index contributed by atoms with van der Waals surface area (Å²) in [6.07, 6.45) is 3.22. The maximum atomic E-state index is 12.1. The highest BCUT2D eigenvalue weighted by atomic mass is 16.1. The van der Waals surface area contributed by atoms with Crippen molar-refractivity contribution in [2.75, 3.05) is 13.1 Å². The van der Waals surface area contributed by atoms with Crippen LogP contribution in [-0.4, -0.2) is 29.0 Å². The van der Waals surface area contributed by atoms with E-state index >= 15 is 0 Å². The highest BCUT2D eigenvalue weighted by Crippen LogP contribution is 2.15. The lowest BCUT2D eigenvalue weighted by Crippen LogP contribution is -2.23. The van der Waals surface area contributed by atoms with Gasteiger partial charge in [-0.3, -0.25) is 9.79 Å². The van der Waals surface area contributed by atoms with Crippen LogP contribution in [0, 0.1) is 0 Å². The van der Waals surface area contributed by atoms with Gasteiger partial charge >= 0.3 is 0 Å². The van der Waals surface area contributed by atoms with E-state index in [1.165, 1.54) is 0 Å². The van der Waals surface area contributed by atoms with E-state index in [2.05, 4.69) is 20.3 Å². The zero-order valence-corrected chi connectivity index (χ0v) is 17.9. The monoisotopic (exact) mass is 388 g/mol. The van der Waals surface area contributed by atoms with Gasteiger partial charge in [-0.1, -0.05) is 58.9 Å². The average Bonchev–Trinajstić information content (AvgIpc) is 2.74. The Morgan fingerprint density at radius 2 is 1.79 bits per heavy atom. The Labute approximate surface area is 168 Å². The number of nitrogens with two attached hydrogens (primary N) is 2. The molecule has 0 radical (unpaired) electrons. The van der Waals surface area contributed by atoms with E-state index in [-0.39, 0.29) is 11.5 Å². The molecular weight excluding hydrogens is 352 g/mol. The van der Waals surface area contributed by atoms with Gasteiger partial charge in [-0.15, -0.1) is 0 Å². The van der Waals surface area contributed by atoms with Gasteiger partial charge in [0.15, 0.2) is 5.96 Å². The first-order chi connectivity index (χ1) is 13.6. The van der Waals surface area contributed by atoms with Gasteiger partial charge in [0.05, 0.1) is 5.56 Å². The molecule has 0 amide bonds. The van der Waals surface area contributed by atoms with Crippen molar-refractivity contribution in [1.82, 2.24) is 15.3 Å². The normalized spacial score (nSPS) is 9.46. The van der Waals surface area contributed by atoms with Crippen molar-refractivity contribution in [3.05, 3.63) is 52.2 Å². The fraction of sp³-hybridized carbons (Fsp3) is 0.476. The zero-order chi connectivity index (χ0) is 21.4. The number of rotatable bonds is 8. The summed E-state index contributed by atoms with van der Waals surface area (Å²) in [5.74, 6) is 0.826. The third-order valence-corrected chi connectivity index (χ3v) is 3.59. The Morgan fingerprint density at radius 1 is 1.14 bits per heavy atom. The number of nitrogens with one attached hydrogen (secondary N) is 2. The number of aryl methyl sites for hydroxylation is 1. The molecule has 2 aromatic rings. The van der Waals surface area contributed by atoms with Crippen LogP contribution in [0.25, 0.3) is 11.1 Å². The Balaban J connectivity index is 0.00000171. The largest absolute Gasteiger partial charge is 0.370 e. The predicted molar refractivity (Wildman–Crippen MR) is 119 cm³/mol. The zero-order valence-electron chi connectivity index (χ0n) is 17.9. The minimum atomic E-state index is -0.104. The van der Waals surface area contributed by atoms with Crippen molar-refractivity contribution in [3.63, 3.8) is 0 Å². The first-order valence-electron chi connectivity index (χ1n) is 10.0. The second-order valence-electron chi connectivity index (χ2n) is 5.46. The molecule has 0 spiro atoms. The fourth-order valence-electron chi connectivity index (χ4n) is 2.26. The van der Waals surface area contributed by atoms with Gasteiger partial charge in [0, 0.05) is 25.7 Å². The molecule has 1 aromatic carbocycles. The number of hydrogen-bond donors (Lipinski definition) is 4. The maximum Gasteiger partial charge on any atom is 0.258 e. The molecule has 0 saturated carbocycles. The van der Waals surface area contributed by atoms with Gasteiger partial charge in [-0.2, -0.15) is 0 Å². The summed E-state index contributed by atoms with van der Waals surface area (Å²) in [6.45, 7) is 12.2. The molecule has 1 heterocycles. The molecule has 156 valence electrons. The van der Waals surface area contributed by atoms with Crippen LogP contribution in [0.5, 0.6) is 0 Å². The summed E-state index contributed by atoms with van der Waals surface area (Å²) in [7, 11) is 0. The van der Waals surface area contributed by atoms with Crippen molar-refractivity contribution in [1.29, 1.82) is 0 Å². The summed E-state index contributed by atoms with van der Waals surface area (Å²) in [6, 6.07) is 7.89. The Bertz CT molecular complexity index is 733. The van der Waals surface area contributed by atoms with Crippen molar-refractivity contribution in [2.45, 2.75) is 54.0 Å². The van der Waals surface area contributed by atoms with E-state index in [4.69, 9.17) is 11.5 Å². The third-order valence-electron chi connectivity index (χ3n) is 3.59. The smallest absolute Gasteiger partial charge is 0.258 e. The van der Waals surface area contributed by atoms with E-state index in [0.717, 1.165) is 30.6 Å². The summed E-state index contributed by atoms with van der Waals surface area (Å²) < 4.78 is 0. The van der Waals surface area contributed by atoms with Crippen LogP contribution in [0.4, 0.5) is 0 Å². The van der Waals surface area contributed by atoms with E-state index in [1.807, 2.05) is 58.9 Å². The van der Waals surface area contributed by atoms with Gasteiger partial charge in [0.25, 0.3) is 5.56 Å². The van der Waals surface area contributed by atoms with Crippen LogP contribution in [0.1, 0.15) is 52.4 Å². The van der Waals surface area contributed by atoms with Crippen molar-refractivity contribution in [3.8, 4) is 11.1 Å². The van der Waals surface area contributed by atoms with Crippen LogP contribution in [0.3, 0.4) is 0 Å². The number of H-pyrrole nitrogens is 1. The molecule has 1 aromatic heterocycles. The Kier molecular flexibility index (Phi) is 13.9. The molecule has 0 aliphatic carbocycles. The number of aliphatic imine (C=N–C) groups is 1. The van der Waals surface area contributed by atoms with Crippen molar-refractivity contribution < 1.29 is 0 Å². The average molecular weight is 389 g/mol. The van der Waals surface area contributed by atoms with Gasteiger partial charge in [-0.25, -0.2) is 4.98 Å². The highest BCUT2D eigenvalue weighted by molar-refractivity contribution is 5.75. The lowest BCUT2D eigenvalue weighted by atomic mass is 10.1. The molecule has 0 aliphatic heterocycles. The quantitative estimate of drug-likeness (QED) is 0.315. The Morgan fingerprint density at radius 3 is 2.32 bits per heavy atom. The number of aromatic amines is 1. The molecule has 0 fully saturated rings. The van der Waals surface area contributed by atoms with E-state index < -0.39 is 0 Å². The lowest BCUT2D eigenvalue weighted by Gasteiger charge is -2.06. The second kappa shape index (κ2) is 15.4. The van der Waals surface area contributed by atoms with Gasteiger partial charge in [0.2, 0.25) is 0 Å². The number of hydrogen-bond acceptors (Lipinski definition) is 4. The molecular formula is C21H36N6O. The van der Waals surface area contributed by atoms with E-state index in [9.17, 15) is 4.79 Å². The van der Waals surface area contributed by atoms with E-state index in [0.29, 0.717) is 24.4 Å². The first kappa shape index (κ1) is 25.3. The minimum absolute atomic E-state index is 0.104. The summed E-state index contributed by atoms with van der Waals surface area (Å²) in [5.41, 5.74) is 13.0. The van der Waals surface area contributed by atoms with Gasteiger partial charge < -0.3 is 21.8 Å². The SMILES string of the molecule is CC.CC.CCc1ncc(-c2ccc(CNCCCN=C(N)N)cc2)c(=O)[nH]1. The number of guanidine groups is 1. The van der Waals surface area contributed by atoms with Crippen LogP contribution >= 0.6 is 0 Å².